The van der Waals surface area contributed by atoms with Gasteiger partial charge in [0.1, 0.15) is 5.01 Å². The van der Waals surface area contributed by atoms with Crippen LogP contribution in [-0.4, -0.2) is 16.1 Å². The van der Waals surface area contributed by atoms with Crippen molar-refractivity contribution in [3.05, 3.63) is 35.6 Å². The Labute approximate surface area is 102 Å². The Kier molecular flexibility index (Phi) is 3.12. The highest BCUT2D eigenvalue weighted by Crippen LogP contribution is 2.29. The molecule has 5 heteroatoms. The second-order valence-electron chi connectivity index (χ2n) is 3.00. The van der Waals surface area contributed by atoms with Gasteiger partial charge in [-0.2, -0.15) is 4.37 Å². The predicted octanol–water partition coefficient (Wildman–Crippen LogP) is 3.83. The van der Waals surface area contributed by atoms with Crippen LogP contribution in [0.1, 0.15) is 5.56 Å². The summed E-state index contributed by atoms with van der Waals surface area (Å²) in [6.07, 6.45) is 1.73. The van der Waals surface area contributed by atoms with Crippen molar-refractivity contribution in [2.75, 3.05) is 0 Å². The minimum Gasteiger partial charge on any atom is -0.264 e. The highest BCUT2D eigenvalue weighted by molar-refractivity contribution is 7.09. The first kappa shape index (κ1) is 11.0. The molecule has 0 aliphatic heterocycles. The molecule has 16 heavy (non-hydrogen) atoms. The van der Waals surface area contributed by atoms with Gasteiger partial charge < -0.3 is 0 Å². The van der Waals surface area contributed by atoms with E-state index in [0.717, 1.165) is 21.8 Å². The van der Waals surface area contributed by atoms with E-state index in [0.29, 0.717) is 0 Å². The van der Waals surface area contributed by atoms with E-state index in [1.54, 1.807) is 6.08 Å². The Balaban J connectivity index is 2.51. The Morgan fingerprint density at radius 2 is 2.25 bits per heavy atom. The molecule has 0 atom stereocenters. The van der Waals surface area contributed by atoms with Crippen molar-refractivity contribution < 1.29 is 0 Å². The fraction of sp³-hybridized carbons (Fsp3) is 0. The van der Waals surface area contributed by atoms with Gasteiger partial charge in [-0.05, 0) is 48.1 Å². The number of rotatable bonds is 3. The number of halogens is 1. The first-order chi connectivity index (χ1) is 7.74. The van der Waals surface area contributed by atoms with Crippen molar-refractivity contribution in [3.63, 3.8) is 0 Å². The SMILES string of the molecule is C=Cc1cc(-c2nc(Cl)ns2)ccc1N=C. The Hall–Kier alpha value is -1.52. The largest absolute Gasteiger partial charge is 0.264 e. The third-order valence-corrected chi connectivity index (χ3v) is 3.10. The maximum Gasteiger partial charge on any atom is 0.234 e. The number of nitrogens with zero attached hydrogens (tertiary/aromatic N) is 3. The van der Waals surface area contributed by atoms with E-state index in [2.05, 4.69) is 27.6 Å². The topological polar surface area (TPSA) is 38.1 Å². The number of aromatic nitrogens is 2. The van der Waals surface area contributed by atoms with E-state index < -0.39 is 0 Å². The normalized spacial score (nSPS) is 10.1. The van der Waals surface area contributed by atoms with Crippen LogP contribution < -0.4 is 0 Å². The molecule has 2 rings (SSSR count). The summed E-state index contributed by atoms with van der Waals surface area (Å²) in [5.74, 6) is 0. The highest BCUT2D eigenvalue weighted by Gasteiger charge is 2.06. The zero-order valence-electron chi connectivity index (χ0n) is 8.35. The maximum absolute atomic E-state index is 5.68. The summed E-state index contributed by atoms with van der Waals surface area (Å²) in [5, 5.41) is 1.05. The van der Waals surface area contributed by atoms with Gasteiger partial charge in [-0.15, -0.1) is 0 Å². The van der Waals surface area contributed by atoms with Crippen LogP contribution in [0.4, 0.5) is 5.69 Å². The fourth-order valence-electron chi connectivity index (χ4n) is 1.32. The molecule has 2 aromatic rings. The second-order valence-corrected chi connectivity index (χ2v) is 4.09. The van der Waals surface area contributed by atoms with Gasteiger partial charge in [0.25, 0.3) is 0 Å². The lowest BCUT2D eigenvalue weighted by Gasteiger charge is -2.02. The minimum absolute atomic E-state index is 0.270. The van der Waals surface area contributed by atoms with Crippen molar-refractivity contribution in [2.24, 2.45) is 4.99 Å². The van der Waals surface area contributed by atoms with Crippen molar-refractivity contribution in [2.45, 2.75) is 0 Å². The molecule has 0 fully saturated rings. The van der Waals surface area contributed by atoms with Crippen molar-refractivity contribution in [1.82, 2.24) is 9.36 Å². The molecule has 0 N–H and O–H groups in total. The maximum atomic E-state index is 5.68. The standard InChI is InChI=1S/C11H8ClN3S/c1-3-7-6-8(4-5-9(7)13-2)10-14-11(12)15-16-10/h3-6H,1-2H2. The van der Waals surface area contributed by atoms with Crippen LogP contribution in [0.15, 0.2) is 29.8 Å². The zero-order valence-corrected chi connectivity index (χ0v) is 9.92. The lowest BCUT2D eigenvalue weighted by atomic mass is 10.1. The average molecular weight is 250 g/mol. The second kappa shape index (κ2) is 4.55. The molecule has 0 amide bonds. The van der Waals surface area contributed by atoms with Gasteiger partial charge in [0.15, 0.2) is 0 Å². The molecule has 0 bridgehead atoms. The zero-order chi connectivity index (χ0) is 11.5. The molecular formula is C11H8ClN3S. The van der Waals surface area contributed by atoms with E-state index in [1.165, 1.54) is 11.5 Å². The molecule has 1 aromatic heterocycles. The van der Waals surface area contributed by atoms with Gasteiger partial charge >= 0.3 is 0 Å². The summed E-state index contributed by atoms with van der Waals surface area (Å²) in [6.45, 7) is 7.23. The van der Waals surface area contributed by atoms with Crippen LogP contribution in [0.2, 0.25) is 5.28 Å². The number of aliphatic imine (C=N–C) groups is 1. The van der Waals surface area contributed by atoms with E-state index in [-0.39, 0.29) is 5.28 Å². The molecule has 0 saturated heterocycles. The van der Waals surface area contributed by atoms with Crippen LogP contribution >= 0.6 is 23.1 Å². The molecule has 80 valence electrons. The number of hydrogen-bond acceptors (Lipinski definition) is 4. The first-order valence-corrected chi connectivity index (χ1v) is 5.62. The van der Waals surface area contributed by atoms with Gasteiger partial charge in [-0.3, -0.25) is 4.99 Å². The van der Waals surface area contributed by atoms with Crippen molar-refractivity contribution in [3.8, 4) is 10.6 Å². The van der Waals surface area contributed by atoms with Crippen LogP contribution in [-0.2, 0) is 0 Å². The van der Waals surface area contributed by atoms with Crippen molar-refractivity contribution >= 4 is 41.6 Å². The molecule has 1 heterocycles. The molecule has 0 aliphatic rings. The minimum atomic E-state index is 0.270. The van der Waals surface area contributed by atoms with Gasteiger partial charge in [0.05, 0.1) is 5.69 Å². The Bertz CT molecular complexity index is 548. The Morgan fingerprint density at radius 1 is 1.44 bits per heavy atom. The van der Waals surface area contributed by atoms with Crippen molar-refractivity contribution in [1.29, 1.82) is 0 Å². The van der Waals surface area contributed by atoms with Gasteiger partial charge in [0, 0.05) is 11.1 Å². The Morgan fingerprint density at radius 3 is 2.81 bits per heavy atom. The summed E-state index contributed by atoms with van der Waals surface area (Å²) in [4.78, 5) is 8.01. The van der Waals surface area contributed by atoms with E-state index in [1.807, 2.05) is 18.2 Å². The first-order valence-electron chi connectivity index (χ1n) is 4.47. The summed E-state index contributed by atoms with van der Waals surface area (Å²) in [7, 11) is 0. The van der Waals surface area contributed by atoms with Gasteiger partial charge in [-0.25, -0.2) is 4.98 Å². The van der Waals surface area contributed by atoms with Gasteiger partial charge in [-0.1, -0.05) is 12.7 Å². The van der Waals surface area contributed by atoms with E-state index in [9.17, 15) is 0 Å². The summed E-state index contributed by atoms with van der Waals surface area (Å²) in [5.41, 5.74) is 2.67. The average Bonchev–Trinajstić information content (AvgIpc) is 2.75. The molecule has 3 nitrogen and oxygen atoms in total. The lowest BCUT2D eigenvalue weighted by Crippen LogP contribution is -1.79. The molecule has 1 aromatic carbocycles. The lowest BCUT2D eigenvalue weighted by molar-refractivity contribution is 1.33. The monoisotopic (exact) mass is 249 g/mol. The predicted molar refractivity (Wildman–Crippen MR) is 69.7 cm³/mol. The third-order valence-electron chi connectivity index (χ3n) is 2.07. The van der Waals surface area contributed by atoms with Crippen LogP contribution in [0.3, 0.4) is 0 Å². The summed E-state index contributed by atoms with van der Waals surface area (Å²) >= 11 is 6.94. The third kappa shape index (κ3) is 2.03. The molecule has 0 saturated carbocycles. The van der Waals surface area contributed by atoms with Crippen LogP contribution in [0.25, 0.3) is 16.6 Å². The quantitative estimate of drug-likeness (QED) is 0.776. The molecular weight excluding hydrogens is 242 g/mol. The molecule has 0 spiro atoms. The van der Waals surface area contributed by atoms with Gasteiger partial charge in [0.2, 0.25) is 5.28 Å². The van der Waals surface area contributed by atoms with Crippen LogP contribution in [0.5, 0.6) is 0 Å². The summed E-state index contributed by atoms with van der Waals surface area (Å²) in [6, 6.07) is 5.72. The van der Waals surface area contributed by atoms with E-state index in [4.69, 9.17) is 11.6 Å². The molecule has 0 unspecified atom stereocenters. The molecule has 0 aliphatic carbocycles. The van der Waals surface area contributed by atoms with E-state index >= 15 is 0 Å². The fourth-order valence-corrected chi connectivity index (χ4v) is 2.12. The number of hydrogen-bond donors (Lipinski definition) is 0. The van der Waals surface area contributed by atoms with Crippen LogP contribution in [0, 0.1) is 0 Å². The smallest absolute Gasteiger partial charge is 0.234 e. The molecule has 0 radical (unpaired) electrons. The highest BCUT2D eigenvalue weighted by atomic mass is 35.5. The number of benzene rings is 1. The summed E-state index contributed by atoms with van der Waals surface area (Å²) < 4.78 is 3.93.